The summed E-state index contributed by atoms with van der Waals surface area (Å²) < 4.78 is 11.3. The molecule has 0 saturated heterocycles. The molecule has 1 heterocycles. The molecule has 0 radical (unpaired) electrons. The highest BCUT2D eigenvalue weighted by Gasteiger charge is 2.39. The van der Waals surface area contributed by atoms with Crippen LogP contribution in [0.5, 0.6) is 11.5 Å². The number of hydrogen-bond acceptors (Lipinski definition) is 4. The number of anilines is 1. The van der Waals surface area contributed by atoms with Crippen LogP contribution in [-0.4, -0.2) is 32.7 Å². The maximum Gasteiger partial charge on any atom is 0.224 e. The number of halogens is 1. The van der Waals surface area contributed by atoms with Crippen molar-refractivity contribution >= 4 is 23.2 Å². The zero-order valence-electron chi connectivity index (χ0n) is 17.4. The third-order valence-electron chi connectivity index (χ3n) is 5.91. The van der Waals surface area contributed by atoms with E-state index < -0.39 is 0 Å². The van der Waals surface area contributed by atoms with Gasteiger partial charge in [-0.2, -0.15) is 0 Å². The van der Waals surface area contributed by atoms with Crippen LogP contribution < -0.4 is 20.1 Å². The number of hydrogen-bond donors (Lipinski definition) is 2. The molecular weight excluding hydrogens is 400 g/mol. The molecule has 2 aromatic carbocycles. The van der Waals surface area contributed by atoms with Gasteiger partial charge < -0.3 is 20.1 Å². The second-order valence-corrected chi connectivity index (χ2v) is 8.55. The lowest BCUT2D eigenvalue weighted by atomic mass is 10.0. The zero-order chi connectivity index (χ0) is 20.9. The molecule has 0 unspecified atom stereocenters. The molecular formula is C24H29ClN2O3. The molecule has 0 bridgehead atoms. The predicted octanol–water partition coefficient (Wildman–Crippen LogP) is 4.79. The number of fused-ring (bicyclic) bond motifs is 1. The number of benzene rings is 2. The number of nitrogens with one attached hydrogen (secondary N) is 2. The number of carbonyl (C=O) groups is 1. The lowest BCUT2D eigenvalue weighted by Crippen LogP contribution is -2.19. The van der Waals surface area contributed by atoms with Gasteiger partial charge in [-0.1, -0.05) is 17.7 Å². The van der Waals surface area contributed by atoms with Crippen LogP contribution in [0.3, 0.4) is 0 Å². The number of carbonyl (C=O) groups excluding carboxylic acids is 1. The number of ether oxygens (including phenoxy) is 2. The van der Waals surface area contributed by atoms with Crippen molar-refractivity contribution in [1.29, 1.82) is 0 Å². The van der Waals surface area contributed by atoms with E-state index in [9.17, 15) is 4.79 Å². The minimum Gasteiger partial charge on any atom is -0.496 e. The fourth-order valence-corrected chi connectivity index (χ4v) is 4.30. The van der Waals surface area contributed by atoms with E-state index in [2.05, 4.69) is 10.6 Å². The summed E-state index contributed by atoms with van der Waals surface area (Å²) in [6.07, 6.45) is 4.61. The van der Waals surface area contributed by atoms with Crippen molar-refractivity contribution in [3.05, 3.63) is 52.5 Å². The van der Waals surface area contributed by atoms with E-state index in [4.69, 9.17) is 21.1 Å². The Kier molecular flexibility index (Phi) is 6.80. The highest BCUT2D eigenvalue weighted by molar-refractivity contribution is 6.30. The molecule has 1 aliphatic carbocycles. The van der Waals surface area contributed by atoms with Crippen LogP contribution >= 0.6 is 11.6 Å². The first-order chi connectivity index (χ1) is 14.6. The number of amides is 1. The van der Waals surface area contributed by atoms with Gasteiger partial charge in [0.15, 0.2) is 0 Å². The van der Waals surface area contributed by atoms with Crippen LogP contribution in [-0.2, 0) is 11.2 Å². The lowest BCUT2D eigenvalue weighted by molar-refractivity contribution is -0.116. The van der Waals surface area contributed by atoms with Gasteiger partial charge in [-0.3, -0.25) is 4.79 Å². The van der Waals surface area contributed by atoms with Gasteiger partial charge in [0.2, 0.25) is 5.91 Å². The molecule has 1 fully saturated rings. The Morgan fingerprint density at radius 3 is 2.93 bits per heavy atom. The average Bonchev–Trinajstić information content (AvgIpc) is 3.52. The van der Waals surface area contributed by atoms with Crippen LogP contribution in [0, 0.1) is 5.92 Å². The molecule has 0 spiro atoms. The Labute approximate surface area is 183 Å². The molecule has 2 N–H and O–H groups in total. The standard InChI is InChI=1S/C24H29ClN2O3/c1-29-23-8-6-18(25)13-21(23)20-12-17(20)15-26-10-2-3-11-30-19-7-4-16-5-9-24(28)27-22(16)14-19/h4,6-8,13-14,17,20,26H,2-3,5,9-12,15H2,1H3,(H,27,28)/t17-,20+/m0/s1. The van der Waals surface area contributed by atoms with Crippen LogP contribution in [0.2, 0.25) is 5.02 Å². The van der Waals surface area contributed by atoms with Gasteiger partial charge in [-0.15, -0.1) is 0 Å². The monoisotopic (exact) mass is 428 g/mol. The van der Waals surface area contributed by atoms with Crippen molar-refractivity contribution in [2.24, 2.45) is 5.92 Å². The third-order valence-corrected chi connectivity index (χ3v) is 6.15. The van der Waals surface area contributed by atoms with Gasteiger partial charge in [-0.25, -0.2) is 0 Å². The summed E-state index contributed by atoms with van der Waals surface area (Å²) >= 11 is 6.15. The molecule has 1 saturated carbocycles. The number of rotatable bonds is 10. The lowest BCUT2D eigenvalue weighted by Gasteiger charge is -2.17. The van der Waals surface area contributed by atoms with Crippen molar-refractivity contribution in [2.75, 3.05) is 32.1 Å². The summed E-state index contributed by atoms with van der Waals surface area (Å²) in [5.74, 6) is 3.03. The van der Waals surface area contributed by atoms with Gasteiger partial charge >= 0.3 is 0 Å². The van der Waals surface area contributed by atoms with E-state index in [0.717, 1.165) is 54.6 Å². The van der Waals surface area contributed by atoms with E-state index in [1.807, 2.05) is 36.4 Å². The first kappa shape index (κ1) is 21.0. The zero-order valence-corrected chi connectivity index (χ0v) is 18.1. The summed E-state index contributed by atoms with van der Waals surface area (Å²) in [6.45, 7) is 2.69. The number of aryl methyl sites for hydroxylation is 1. The smallest absolute Gasteiger partial charge is 0.224 e. The van der Waals surface area contributed by atoms with Gasteiger partial charge in [0.1, 0.15) is 11.5 Å². The molecule has 5 nitrogen and oxygen atoms in total. The number of methoxy groups -OCH3 is 1. The van der Waals surface area contributed by atoms with Crippen molar-refractivity contribution < 1.29 is 14.3 Å². The highest BCUT2D eigenvalue weighted by atomic mass is 35.5. The third kappa shape index (κ3) is 5.27. The summed E-state index contributed by atoms with van der Waals surface area (Å²) in [6, 6.07) is 11.8. The van der Waals surface area contributed by atoms with E-state index >= 15 is 0 Å². The maximum atomic E-state index is 11.5. The Bertz CT molecular complexity index is 902. The molecule has 6 heteroatoms. The minimum atomic E-state index is 0.0810. The quantitative estimate of drug-likeness (QED) is 0.534. The van der Waals surface area contributed by atoms with Crippen LogP contribution in [0.25, 0.3) is 0 Å². The molecule has 1 aliphatic heterocycles. The molecule has 2 atom stereocenters. The maximum absolute atomic E-state index is 11.5. The minimum absolute atomic E-state index is 0.0810. The van der Waals surface area contributed by atoms with Crippen LogP contribution in [0.4, 0.5) is 5.69 Å². The molecule has 1 amide bonds. The summed E-state index contributed by atoms with van der Waals surface area (Å²) in [5.41, 5.74) is 3.30. The van der Waals surface area contributed by atoms with Crippen molar-refractivity contribution in [2.45, 2.75) is 38.0 Å². The van der Waals surface area contributed by atoms with E-state index in [-0.39, 0.29) is 5.91 Å². The Hall–Kier alpha value is -2.24. The average molecular weight is 429 g/mol. The van der Waals surface area contributed by atoms with Crippen LogP contribution in [0.1, 0.15) is 42.7 Å². The Morgan fingerprint density at radius 2 is 2.07 bits per heavy atom. The molecule has 30 heavy (non-hydrogen) atoms. The molecule has 2 aromatic rings. The normalized spacial score (nSPS) is 19.7. The van der Waals surface area contributed by atoms with Crippen molar-refractivity contribution in [3.63, 3.8) is 0 Å². The largest absolute Gasteiger partial charge is 0.496 e. The molecule has 160 valence electrons. The Morgan fingerprint density at radius 1 is 1.17 bits per heavy atom. The summed E-state index contributed by atoms with van der Waals surface area (Å²) in [5, 5.41) is 7.25. The van der Waals surface area contributed by atoms with Crippen molar-refractivity contribution in [3.8, 4) is 11.5 Å². The van der Waals surface area contributed by atoms with Gasteiger partial charge in [0.25, 0.3) is 0 Å². The van der Waals surface area contributed by atoms with Gasteiger partial charge in [-0.05, 0) is 86.0 Å². The second kappa shape index (κ2) is 9.71. The van der Waals surface area contributed by atoms with Crippen LogP contribution in [0.15, 0.2) is 36.4 Å². The van der Waals surface area contributed by atoms with E-state index in [0.29, 0.717) is 24.9 Å². The van der Waals surface area contributed by atoms with Gasteiger partial charge in [0, 0.05) is 23.2 Å². The molecule has 2 aliphatic rings. The number of unbranched alkanes of at least 4 members (excludes halogenated alkanes) is 1. The second-order valence-electron chi connectivity index (χ2n) is 8.12. The first-order valence-electron chi connectivity index (χ1n) is 10.7. The van der Waals surface area contributed by atoms with E-state index in [1.54, 1.807) is 7.11 Å². The first-order valence-corrected chi connectivity index (χ1v) is 11.1. The van der Waals surface area contributed by atoms with Crippen molar-refractivity contribution in [1.82, 2.24) is 5.32 Å². The summed E-state index contributed by atoms with van der Waals surface area (Å²) in [7, 11) is 1.71. The topological polar surface area (TPSA) is 59.6 Å². The summed E-state index contributed by atoms with van der Waals surface area (Å²) in [4.78, 5) is 11.5. The Balaban J connectivity index is 1.11. The SMILES string of the molecule is COc1ccc(Cl)cc1[C@@H]1C[C@H]1CNCCCCOc1ccc2c(c1)NC(=O)CC2. The molecule has 0 aromatic heterocycles. The fraction of sp³-hybridized carbons (Fsp3) is 0.458. The molecule has 4 rings (SSSR count). The van der Waals surface area contributed by atoms with Gasteiger partial charge in [0.05, 0.1) is 13.7 Å². The fourth-order valence-electron chi connectivity index (χ4n) is 4.12. The van der Waals surface area contributed by atoms with E-state index in [1.165, 1.54) is 17.5 Å². The predicted molar refractivity (Wildman–Crippen MR) is 120 cm³/mol. The highest BCUT2D eigenvalue weighted by Crippen LogP contribution is 2.50.